The molecule has 1 atom stereocenters. The van der Waals surface area contributed by atoms with Crippen molar-refractivity contribution in [3.63, 3.8) is 0 Å². The fourth-order valence-corrected chi connectivity index (χ4v) is 3.58. The molecule has 1 fully saturated rings. The predicted octanol–water partition coefficient (Wildman–Crippen LogP) is 3.19. The molecule has 1 amide bonds. The molecule has 1 N–H and O–H groups in total. The quantitative estimate of drug-likeness (QED) is 0.785. The van der Waals surface area contributed by atoms with Gasteiger partial charge in [0.15, 0.2) is 0 Å². The van der Waals surface area contributed by atoms with Crippen LogP contribution in [0.25, 0.3) is 10.9 Å². The summed E-state index contributed by atoms with van der Waals surface area (Å²) in [5.74, 6) is 0.931. The molecule has 0 aromatic carbocycles. The normalized spacial score (nSPS) is 18.2. The Morgan fingerprint density at radius 2 is 2.29 bits per heavy atom. The van der Waals surface area contributed by atoms with Crippen molar-refractivity contribution in [1.82, 2.24) is 20.0 Å². The van der Waals surface area contributed by atoms with E-state index >= 15 is 0 Å². The standard InChI is InChI=1S/C18H20N4O2/c1-11-17(12(2)24-21-11)18(23)22-7-3-4-13(10-22)16-8-14-9-19-6-5-15(14)20-16/h5-6,8-9,13,20H,3-4,7,10H2,1-2H3. The van der Waals surface area contributed by atoms with Gasteiger partial charge in [-0.3, -0.25) is 9.78 Å². The van der Waals surface area contributed by atoms with Crippen molar-refractivity contribution < 1.29 is 9.32 Å². The number of rotatable bonds is 2. The van der Waals surface area contributed by atoms with Gasteiger partial charge in [0.1, 0.15) is 11.3 Å². The van der Waals surface area contributed by atoms with Crippen LogP contribution in [0, 0.1) is 13.8 Å². The largest absolute Gasteiger partial charge is 0.361 e. The van der Waals surface area contributed by atoms with Gasteiger partial charge in [-0.1, -0.05) is 5.16 Å². The van der Waals surface area contributed by atoms with E-state index in [-0.39, 0.29) is 5.91 Å². The summed E-state index contributed by atoms with van der Waals surface area (Å²) >= 11 is 0. The Bertz CT molecular complexity index is 843. The van der Waals surface area contributed by atoms with E-state index in [4.69, 9.17) is 4.52 Å². The van der Waals surface area contributed by atoms with Crippen LogP contribution < -0.4 is 0 Å². The van der Waals surface area contributed by atoms with Crippen LogP contribution in [0.2, 0.25) is 0 Å². The van der Waals surface area contributed by atoms with E-state index in [2.05, 4.69) is 21.2 Å². The van der Waals surface area contributed by atoms with Crippen molar-refractivity contribution in [2.45, 2.75) is 32.6 Å². The third kappa shape index (κ3) is 2.48. The minimum Gasteiger partial charge on any atom is -0.361 e. The first-order valence-corrected chi connectivity index (χ1v) is 8.28. The van der Waals surface area contributed by atoms with Crippen LogP contribution in [-0.4, -0.2) is 39.0 Å². The topological polar surface area (TPSA) is 75.0 Å². The van der Waals surface area contributed by atoms with Crippen molar-refractivity contribution >= 4 is 16.8 Å². The second kappa shape index (κ2) is 5.78. The van der Waals surface area contributed by atoms with E-state index in [1.165, 1.54) is 5.69 Å². The van der Waals surface area contributed by atoms with Crippen molar-refractivity contribution in [1.29, 1.82) is 0 Å². The summed E-state index contributed by atoms with van der Waals surface area (Å²) in [6.07, 6.45) is 5.72. The smallest absolute Gasteiger partial charge is 0.259 e. The minimum absolute atomic E-state index is 0.0220. The average Bonchev–Trinajstić information content (AvgIpc) is 3.18. The van der Waals surface area contributed by atoms with Crippen molar-refractivity contribution in [2.24, 2.45) is 0 Å². The zero-order valence-corrected chi connectivity index (χ0v) is 13.9. The SMILES string of the molecule is Cc1noc(C)c1C(=O)N1CCCC(c2cc3cnccc3[nH]2)C1. The van der Waals surface area contributed by atoms with Crippen LogP contribution in [0.3, 0.4) is 0 Å². The average molecular weight is 324 g/mol. The highest BCUT2D eigenvalue weighted by Gasteiger charge is 2.29. The number of aromatic amines is 1. The van der Waals surface area contributed by atoms with Crippen LogP contribution in [0.1, 0.15) is 46.3 Å². The van der Waals surface area contributed by atoms with Crippen LogP contribution >= 0.6 is 0 Å². The monoisotopic (exact) mass is 324 g/mol. The number of carbonyl (C=O) groups excluding carboxylic acids is 1. The highest BCUT2D eigenvalue weighted by Crippen LogP contribution is 2.30. The first kappa shape index (κ1) is 14.9. The van der Waals surface area contributed by atoms with E-state index in [1.54, 1.807) is 13.1 Å². The maximum Gasteiger partial charge on any atom is 0.259 e. The van der Waals surface area contributed by atoms with Crippen molar-refractivity contribution in [3.05, 3.63) is 47.2 Å². The van der Waals surface area contributed by atoms with Gasteiger partial charge in [0.25, 0.3) is 5.91 Å². The molecule has 6 nitrogen and oxygen atoms in total. The molecule has 6 heteroatoms. The fourth-order valence-electron chi connectivity index (χ4n) is 3.58. The molecule has 124 valence electrons. The summed E-state index contributed by atoms with van der Waals surface area (Å²) in [4.78, 5) is 22.4. The van der Waals surface area contributed by atoms with Gasteiger partial charge in [-0.15, -0.1) is 0 Å². The summed E-state index contributed by atoms with van der Waals surface area (Å²) in [5, 5.41) is 5.02. The Morgan fingerprint density at radius 1 is 1.42 bits per heavy atom. The minimum atomic E-state index is 0.0220. The van der Waals surface area contributed by atoms with E-state index in [1.807, 2.05) is 24.1 Å². The number of piperidine rings is 1. The molecule has 24 heavy (non-hydrogen) atoms. The zero-order valence-electron chi connectivity index (χ0n) is 13.9. The molecular weight excluding hydrogens is 304 g/mol. The molecule has 1 saturated heterocycles. The maximum absolute atomic E-state index is 12.9. The Kier molecular flexibility index (Phi) is 3.59. The molecular formula is C18H20N4O2. The number of H-pyrrole nitrogens is 1. The van der Waals surface area contributed by atoms with Gasteiger partial charge in [0.2, 0.25) is 0 Å². The molecule has 0 saturated carbocycles. The maximum atomic E-state index is 12.9. The van der Waals surface area contributed by atoms with E-state index in [0.29, 0.717) is 29.5 Å². The molecule has 0 spiro atoms. The summed E-state index contributed by atoms with van der Waals surface area (Å²) in [6, 6.07) is 4.13. The van der Waals surface area contributed by atoms with Gasteiger partial charge in [-0.2, -0.15) is 0 Å². The number of fused-ring (bicyclic) bond motifs is 1. The second-order valence-electron chi connectivity index (χ2n) is 6.48. The number of nitrogens with one attached hydrogen (secondary N) is 1. The van der Waals surface area contributed by atoms with E-state index in [9.17, 15) is 4.79 Å². The molecule has 3 aromatic heterocycles. The summed E-state index contributed by atoms with van der Waals surface area (Å²) in [7, 11) is 0. The van der Waals surface area contributed by atoms with Crippen LogP contribution in [0.4, 0.5) is 0 Å². The van der Waals surface area contributed by atoms with Crippen LogP contribution in [0.5, 0.6) is 0 Å². The van der Waals surface area contributed by atoms with E-state index < -0.39 is 0 Å². The summed E-state index contributed by atoms with van der Waals surface area (Å²) in [6.45, 7) is 5.10. The molecule has 0 bridgehead atoms. The van der Waals surface area contributed by atoms with Gasteiger partial charge < -0.3 is 14.4 Å². The number of hydrogen-bond donors (Lipinski definition) is 1. The van der Waals surface area contributed by atoms with Gasteiger partial charge in [0, 0.05) is 48.0 Å². The number of nitrogens with zero attached hydrogens (tertiary/aromatic N) is 3. The molecule has 0 radical (unpaired) electrons. The van der Waals surface area contributed by atoms with E-state index in [0.717, 1.165) is 30.3 Å². The molecule has 4 rings (SSSR count). The lowest BCUT2D eigenvalue weighted by Gasteiger charge is -2.32. The molecule has 1 aliphatic rings. The lowest BCUT2D eigenvalue weighted by molar-refractivity contribution is 0.0703. The van der Waals surface area contributed by atoms with Crippen LogP contribution in [-0.2, 0) is 0 Å². The third-order valence-electron chi connectivity index (χ3n) is 4.84. The summed E-state index contributed by atoms with van der Waals surface area (Å²) in [5.41, 5.74) is 3.54. The number of likely N-dealkylation sites (tertiary alicyclic amines) is 1. The first-order valence-electron chi connectivity index (χ1n) is 8.28. The fraction of sp³-hybridized carbons (Fsp3) is 0.389. The number of pyridine rings is 1. The first-order chi connectivity index (χ1) is 11.6. The highest BCUT2D eigenvalue weighted by molar-refractivity contribution is 5.96. The Balaban J connectivity index is 1.58. The zero-order chi connectivity index (χ0) is 16.7. The predicted molar refractivity (Wildman–Crippen MR) is 89.9 cm³/mol. The number of amides is 1. The lowest BCUT2D eigenvalue weighted by atomic mass is 9.94. The Labute approximate surface area is 139 Å². The number of aryl methyl sites for hydroxylation is 2. The molecule has 1 unspecified atom stereocenters. The Hall–Kier alpha value is -2.63. The molecule has 4 heterocycles. The van der Waals surface area contributed by atoms with Crippen LogP contribution in [0.15, 0.2) is 29.0 Å². The van der Waals surface area contributed by atoms with Gasteiger partial charge in [-0.05, 0) is 38.8 Å². The molecule has 0 aliphatic carbocycles. The van der Waals surface area contributed by atoms with Gasteiger partial charge in [-0.25, -0.2) is 0 Å². The number of carbonyl (C=O) groups is 1. The second-order valence-corrected chi connectivity index (χ2v) is 6.48. The van der Waals surface area contributed by atoms with Crippen molar-refractivity contribution in [2.75, 3.05) is 13.1 Å². The lowest BCUT2D eigenvalue weighted by Crippen LogP contribution is -2.39. The summed E-state index contributed by atoms with van der Waals surface area (Å²) < 4.78 is 5.15. The highest BCUT2D eigenvalue weighted by atomic mass is 16.5. The molecule has 1 aliphatic heterocycles. The third-order valence-corrected chi connectivity index (χ3v) is 4.84. The van der Waals surface area contributed by atoms with Crippen molar-refractivity contribution in [3.8, 4) is 0 Å². The number of hydrogen-bond acceptors (Lipinski definition) is 4. The van der Waals surface area contributed by atoms with Gasteiger partial charge in [0.05, 0.1) is 5.69 Å². The molecule has 3 aromatic rings. The van der Waals surface area contributed by atoms with Gasteiger partial charge >= 0.3 is 0 Å². The Morgan fingerprint density at radius 3 is 3.04 bits per heavy atom. The number of aromatic nitrogens is 3.